The van der Waals surface area contributed by atoms with Crippen molar-refractivity contribution in [2.24, 2.45) is 16.3 Å². The highest BCUT2D eigenvalue weighted by Gasteiger charge is 2.52. The lowest BCUT2D eigenvalue weighted by molar-refractivity contribution is -0.133. The summed E-state index contributed by atoms with van der Waals surface area (Å²) in [6.07, 6.45) is 5.05. The molecule has 2 aliphatic rings. The Balaban J connectivity index is 1.77. The summed E-state index contributed by atoms with van der Waals surface area (Å²) in [4.78, 5) is 32.1. The fourth-order valence-electron chi connectivity index (χ4n) is 5.54. The summed E-state index contributed by atoms with van der Waals surface area (Å²) in [5, 5.41) is -0.0200. The molecule has 1 spiro atoms. The fraction of sp³-hybridized carbons (Fsp3) is 0.464. The van der Waals surface area contributed by atoms with Gasteiger partial charge in [0.2, 0.25) is 0 Å². The molecule has 1 aliphatic carbocycles. The van der Waals surface area contributed by atoms with E-state index >= 15 is 0 Å². The quantitative estimate of drug-likeness (QED) is 0.430. The lowest BCUT2D eigenvalue weighted by Crippen LogP contribution is -2.51. The molecule has 1 fully saturated rings. The van der Waals surface area contributed by atoms with E-state index in [1.54, 1.807) is 18.2 Å². The zero-order chi connectivity index (χ0) is 24.7. The number of hydrogen-bond donors (Lipinski definition) is 0. The molecule has 4 rings (SSSR count). The second kappa shape index (κ2) is 9.26. The van der Waals surface area contributed by atoms with E-state index in [1.165, 1.54) is 12.1 Å². The highest BCUT2D eigenvalue weighted by atomic mass is 35.5. The SMILES string of the molecule is CCC(c1ccc(C=O)cc1)N1C(=O)C(c2ccc(F)c(Cl)c2)=NC12CCC(C(C)(C)C)CC2. The van der Waals surface area contributed by atoms with Gasteiger partial charge in [0.05, 0.1) is 11.1 Å². The Hall–Kier alpha value is -2.53. The van der Waals surface area contributed by atoms with Gasteiger partial charge in [0, 0.05) is 11.1 Å². The van der Waals surface area contributed by atoms with E-state index < -0.39 is 11.5 Å². The Labute approximate surface area is 206 Å². The van der Waals surface area contributed by atoms with Gasteiger partial charge in [0.1, 0.15) is 23.5 Å². The third-order valence-electron chi connectivity index (χ3n) is 7.55. The van der Waals surface area contributed by atoms with Crippen LogP contribution in [0.2, 0.25) is 5.02 Å². The van der Waals surface area contributed by atoms with E-state index in [9.17, 15) is 14.0 Å². The standard InChI is InChI=1S/C28H32ClFN2O2/c1-5-24(19-8-6-18(17-33)7-9-19)32-26(34)25(20-10-11-23(30)22(29)16-20)31-28(32)14-12-21(13-15-28)27(2,3)4/h6-11,16-17,21,24H,5,12-15H2,1-4H3. The normalized spacial score (nSPS) is 23.8. The minimum absolute atomic E-state index is 0.0200. The molecule has 2 aromatic rings. The molecule has 1 unspecified atom stereocenters. The maximum Gasteiger partial charge on any atom is 0.275 e. The van der Waals surface area contributed by atoms with Crippen molar-refractivity contribution in [2.75, 3.05) is 0 Å². The summed E-state index contributed by atoms with van der Waals surface area (Å²) in [6.45, 7) is 8.87. The number of carbonyl (C=O) groups is 2. The maximum atomic E-state index is 14.0. The maximum absolute atomic E-state index is 14.0. The Bertz CT molecular complexity index is 1110. The molecule has 1 amide bonds. The van der Waals surface area contributed by atoms with E-state index in [0.29, 0.717) is 29.2 Å². The van der Waals surface area contributed by atoms with E-state index in [0.717, 1.165) is 37.5 Å². The fourth-order valence-corrected chi connectivity index (χ4v) is 5.72. The number of hydrogen-bond acceptors (Lipinski definition) is 3. The first-order valence-electron chi connectivity index (χ1n) is 12.0. The largest absolute Gasteiger partial charge is 0.305 e. The van der Waals surface area contributed by atoms with Gasteiger partial charge >= 0.3 is 0 Å². The molecular weight excluding hydrogens is 451 g/mol. The van der Waals surface area contributed by atoms with Gasteiger partial charge < -0.3 is 4.90 Å². The number of benzene rings is 2. The van der Waals surface area contributed by atoms with Crippen LogP contribution < -0.4 is 0 Å². The summed E-state index contributed by atoms with van der Waals surface area (Å²) in [5.74, 6) is -0.111. The zero-order valence-corrected chi connectivity index (χ0v) is 21.0. The topological polar surface area (TPSA) is 49.7 Å². The lowest BCUT2D eigenvalue weighted by Gasteiger charge is -2.47. The van der Waals surface area contributed by atoms with Crippen molar-refractivity contribution in [1.29, 1.82) is 0 Å². The average Bonchev–Trinajstić information content (AvgIpc) is 3.08. The number of rotatable bonds is 5. The molecule has 0 bridgehead atoms. The molecular formula is C28H32ClFN2O2. The van der Waals surface area contributed by atoms with E-state index in [-0.39, 0.29) is 22.4 Å². The smallest absolute Gasteiger partial charge is 0.275 e. The van der Waals surface area contributed by atoms with Crippen LogP contribution in [0.25, 0.3) is 0 Å². The molecule has 180 valence electrons. The number of amides is 1. The van der Waals surface area contributed by atoms with Crippen LogP contribution in [0.4, 0.5) is 4.39 Å². The van der Waals surface area contributed by atoms with Crippen LogP contribution in [-0.2, 0) is 4.79 Å². The molecule has 1 heterocycles. The van der Waals surface area contributed by atoms with Crippen molar-refractivity contribution >= 4 is 29.5 Å². The monoisotopic (exact) mass is 482 g/mol. The number of nitrogens with zero attached hydrogens (tertiary/aromatic N) is 2. The Morgan fingerprint density at radius 2 is 1.82 bits per heavy atom. The first kappa shape index (κ1) is 24.6. The minimum atomic E-state index is -0.640. The summed E-state index contributed by atoms with van der Waals surface area (Å²) in [5.41, 5.74) is 2.03. The van der Waals surface area contributed by atoms with Crippen LogP contribution in [0.3, 0.4) is 0 Å². The number of aldehydes is 1. The van der Waals surface area contributed by atoms with E-state index in [2.05, 4.69) is 27.7 Å². The van der Waals surface area contributed by atoms with Gasteiger partial charge in [-0.15, -0.1) is 0 Å². The molecule has 0 aromatic heterocycles. The molecule has 2 aromatic carbocycles. The van der Waals surface area contributed by atoms with Crippen molar-refractivity contribution in [3.8, 4) is 0 Å². The van der Waals surface area contributed by atoms with Crippen LogP contribution in [0.15, 0.2) is 47.5 Å². The highest BCUT2D eigenvalue weighted by Crippen LogP contribution is 2.49. The lowest BCUT2D eigenvalue weighted by atomic mass is 9.69. The van der Waals surface area contributed by atoms with Gasteiger partial charge in [0.15, 0.2) is 0 Å². The first-order chi connectivity index (χ1) is 16.1. The van der Waals surface area contributed by atoms with Crippen molar-refractivity contribution in [3.05, 3.63) is 70.0 Å². The third-order valence-corrected chi connectivity index (χ3v) is 7.84. The van der Waals surface area contributed by atoms with Crippen LogP contribution in [0.5, 0.6) is 0 Å². The van der Waals surface area contributed by atoms with Gasteiger partial charge in [-0.2, -0.15) is 0 Å². The predicted molar refractivity (Wildman–Crippen MR) is 134 cm³/mol. The number of aliphatic imine (C=N–C) groups is 1. The van der Waals surface area contributed by atoms with Crippen LogP contribution in [0.1, 0.15) is 87.3 Å². The minimum Gasteiger partial charge on any atom is -0.305 e. The van der Waals surface area contributed by atoms with Gasteiger partial charge in [0.25, 0.3) is 5.91 Å². The Kier molecular flexibility index (Phi) is 6.69. The number of carbonyl (C=O) groups excluding carboxylic acids is 2. The highest BCUT2D eigenvalue weighted by molar-refractivity contribution is 6.47. The molecule has 1 atom stereocenters. The van der Waals surface area contributed by atoms with Crippen molar-refractivity contribution in [1.82, 2.24) is 4.90 Å². The van der Waals surface area contributed by atoms with Gasteiger partial charge in [-0.1, -0.05) is 63.6 Å². The summed E-state index contributed by atoms with van der Waals surface area (Å²) in [7, 11) is 0. The molecule has 4 nitrogen and oxygen atoms in total. The molecule has 1 saturated carbocycles. The van der Waals surface area contributed by atoms with Crippen LogP contribution >= 0.6 is 11.6 Å². The van der Waals surface area contributed by atoms with Gasteiger partial charge in [-0.25, -0.2) is 4.39 Å². The number of halogens is 2. The Morgan fingerprint density at radius 3 is 2.35 bits per heavy atom. The first-order valence-corrected chi connectivity index (χ1v) is 12.4. The predicted octanol–water partition coefficient (Wildman–Crippen LogP) is 7.01. The van der Waals surface area contributed by atoms with Crippen LogP contribution in [0, 0.1) is 17.2 Å². The van der Waals surface area contributed by atoms with Gasteiger partial charge in [-0.05, 0) is 67.2 Å². The molecule has 6 heteroatoms. The van der Waals surface area contributed by atoms with Crippen molar-refractivity contribution in [2.45, 2.75) is 71.5 Å². The van der Waals surface area contributed by atoms with Crippen LogP contribution in [-0.4, -0.2) is 28.5 Å². The third kappa shape index (κ3) is 4.43. The molecule has 34 heavy (non-hydrogen) atoms. The second-order valence-electron chi connectivity index (χ2n) is 10.6. The van der Waals surface area contributed by atoms with Crippen molar-refractivity contribution < 1.29 is 14.0 Å². The second-order valence-corrected chi connectivity index (χ2v) is 11.0. The summed E-state index contributed by atoms with van der Waals surface area (Å²) < 4.78 is 13.8. The van der Waals surface area contributed by atoms with E-state index in [4.69, 9.17) is 16.6 Å². The van der Waals surface area contributed by atoms with Gasteiger partial charge in [-0.3, -0.25) is 14.6 Å². The molecule has 0 N–H and O–H groups in total. The Morgan fingerprint density at radius 1 is 1.18 bits per heavy atom. The van der Waals surface area contributed by atoms with Crippen molar-refractivity contribution in [3.63, 3.8) is 0 Å². The molecule has 1 aliphatic heterocycles. The zero-order valence-electron chi connectivity index (χ0n) is 20.3. The molecule has 0 radical (unpaired) electrons. The summed E-state index contributed by atoms with van der Waals surface area (Å²) in [6, 6.07) is 11.6. The van der Waals surface area contributed by atoms with E-state index in [1.807, 2.05) is 17.0 Å². The average molecular weight is 483 g/mol. The summed E-state index contributed by atoms with van der Waals surface area (Å²) >= 11 is 6.05. The molecule has 0 saturated heterocycles.